The highest BCUT2D eigenvalue weighted by molar-refractivity contribution is 6.30. The van der Waals surface area contributed by atoms with Gasteiger partial charge in [0.05, 0.1) is 6.20 Å². The van der Waals surface area contributed by atoms with Crippen LogP contribution >= 0.6 is 11.6 Å². The smallest absolute Gasteiger partial charge is 0.272 e. The number of piperazine rings is 1. The molecule has 4 rings (SSSR count). The summed E-state index contributed by atoms with van der Waals surface area (Å²) >= 11 is 6.06. The van der Waals surface area contributed by atoms with Gasteiger partial charge in [-0.15, -0.1) is 0 Å². The molecule has 1 saturated heterocycles. The Labute approximate surface area is 144 Å². The van der Waals surface area contributed by atoms with Gasteiger partial charge in [0.2, 0.25) is 0 Å². The van der Waals surface area contributed by atoms with Crippen molar-refractivity contribution in [2.45, 2.75) is 0 Å². The minimum Gasteiger partial charge on any atom is -0.368 e. The van der Waals surface area contributed by atoms with Crippen molar-refractivity contribution in [2.75, 3.05) is 31.1 Å². The van der Waals surface area contributed by atoms with Crippen LogP contribution in [-0.2, 0) is 0 Å². The first-order valence-corrected chi connectivity index (χ1v) is 8.19. The van der Waals surface area contributed by atoms with E-state index in [1.165, 1.54) is 0 Å². The molecule has 1 aliphatic rings. The van der Waals surface area contributed by atoms with Crippen LogP contribution in [0.5, 0.6) is 0 Å². The largest absolute Gasteiger partial charge is 0.368 e. The van der Waals surface area contributed by atoms with E-state index in [2.05, 4.69) is 15.0 Å². The summed E-state index contributed by atoms with van der Waals surface area (Å²) in [6.07, 6.45) is 3.29. The lowest BCUT2D eigenvalue weighted by molar-refractivity contribution is 0.0738. The van der Waals surface area contributed by atoms with Gasteiger partial charge in [0, 0.05) is 49.2 Å². The first kappa shape index (κ1) is 15.0. The zero-order chi connectivity index (χ0) is 16.5. The molecule has 0 bridgehead atoms. The average Bonchev–Trinajstić information content (AvgIpc) is 3.10. The Kier molecular flexibility index (Phi) is 3.82. The highest BCUT2D eigenvalue weighted by atomic mass is 35.5. The molecule has 3 heterocycles. The van der Waals surface area contributed by atoms with Crippen molar-refractivity contribution in [1.29, 1.82) is 0 Å². The van der Waals surface area contributed by atoms with E-state index in [1.807, 2.05) is 29.2 Å². The zero-order valence-corrected chi connectivity index (χ0v) is 13.7. The number of hydrogen-bond donors (Lipinski definition) is 0. The first-order chi connectivity index (χ1) is 11.7. The lowest BCUT2D eigenvalue weighted by atomic mass is 10.2. The summed E-state index contributed by atoms with van der Waals surface area (Å²) in [5, 5.41) is 4.91. The van der Waals surface area contributed by atoms with Gasteiger partial charge in [-0.3, -0.25) is 4.79 Å². The van der Waals surface area contributed by atoms with Crippen LogP contribution in [-0.4, -0.2) is 51.6 Å². The topological polar surface area (TPSA) is 53.7 Å². The van der Waals surface area contributed by atoms with Gasteiger partial charge in [0.1, 0.15) is 5.69 Å². The van der Waals surface area contributed by atoms with Crippen LogP contribution in [0.1, 0.15) is 10.5 Å². The summed E-state index contributed by atoms with van der Waals surface area (Å²) in [7, 11) is 0. The highest BCUT2D eigenvalue weighted by Gasteiger charge is 2.24. The maximum atomic E-state index is 12.8. The van der Waals surface area contributed by atoms with Gasteiger partial charge in [-0.25, -0.2) is 9.50 Å². The summed E-state index contributed by atoms with van der Waals surface area (Å²) in [5.74, 6) is -0.0168. The van der Waals surface area contributed by atoms with E-state index in [9.17, 15) is 4.79 Å². The summed E-state index contributed by atoms with van der Waals surface area (Å²) < 4.78 is 1.59. The number of rotatable bonds is 2. The molecule has 24 heavy (non-hydrogen) atoms. The molecule has 1 fully saturated rings. The molecule has 0 atom stereocenters. The maximum absolute atomic E-state index is 12.8. The second-order valence-electron chi connectivity index (χ2n) is 5.69. The van der Waals surface area contributed by atoms with E-state index in [4.69, 9.17) is 11.6 Å². The molecular formula is C17H16ClN5O. The summed E-state index contributed by atoms with van der Waals surface area (Å²) in [6, 6.07) is 11.3. The average molecular weight is 342 g/mol. The van der Waals surface area contributed by atoms with Gasteiger partial charge in [0.15, 0.2) is 5.65 Å². The van der Waals surface area contributed by atoms with E-state index in [0.29, 0.717) is 24.4 Å². The third kappa shape index (κ3) is 2.69. The molecular weight excluding hydrogens is 326 g/mol. The second kappa shape index (κ2) is 6.13. The van der Waals surface area contributed by atoms with Crippen LogP contribution in [0.2, 0.25) is 5.02 Å². The van der Waals surface area contributed by atoms with E-state index >= 15 is 0 Å². The number of carbonyl (C=O) groups excluding carboxylic acids is 1. The number of fused-ring (bicyclic) bond motifs is 1. The van der Waals surface area contributed by atoms with Gasteiger partial charge >= 0.3 is 0 Å². The number of nitrogens with zero attached hydrogens (tertiary/aromatic N) is 5. The maximum Gasteiger partial charge on any atom is 0.272 e. The Hall–Kier alpha value is -2.60. The normalized spacial score (nSPS) is 15.0. The quantitative estimate of drug-likeness (QED) is 0.718. The molecule has 6 nitrogen and oxygen atoms in total. The van der Waals surface area contributed by atoms with Gasteiger partial charge in [0.25, 0.3) is 5.91 Å². The molecule has 0 radical (unpaired) electrons. The SMILES string of the molecule is O=C(c1ccnc2ccnn12)N1CCN(c2cccc(Cl)c2)CC1. The Morgan fingerprint density at radius 3 is 2.67 bits per heavy atom. The van der Waals surface area contributed by atoms with E-state index < -0.39 is 0 Å². The van der Waals surface area contributed by atoms with Crippen molar-refractivity contribution in [2.24, 2.45) is 0 Å². The van der Waals surface area contributed by atoms with E-state index in [1.54, 1.807) is 29.0 Å². The van der Waals surface area contributed by atoms with E-state index in [-0.39, 0.29) is 5.91 Å². The number of benzene rings is 1. The predicted molar refractivity (Wildman–Crippen MR) is 92.6 cm³/mol. The van der Waals surface area contributed by atoms with Gasteiger partial charge < -0.3 is 9.80 Å². The van der Waals surface area contributed by atoms with Gasteiger partial charge in [-0.2, -0.15) is 5.10 Å². The number of amides is 1. The third-order valence-corrected chi connectivity index (χ3v) is 4.48. The molecule has 2 aromatic heterocycles. The van der Waals surface area contributed by atoms with Gasteiger partial charge in [-0.05, 0) is 24.3 Å². The molecule has 1 aromatic carbocycles. The number of aromatic nitrogens is 3. The Bertz CT molecular complexity index is 885. The molecule has 0 aliphatic carbocycles. The molecule has 1 aliphatic heterocycles. The lowest BCUT2D eigenvalue weighted by Gasteiger charge is -2.36. The number of hydrogen-bond acceptors (Lipinski definition) is 4. The van der Waals surface area contributed by atoms with E-state index in [0.717, 1.165) is 23.8 Å². The molecule has 0 spiro atoms. The fraction of sp³-hybridized carbons (Fsp3) is 0.235. The monoisotopic (exact) mass is 341 g/mol. The fourth-order valence-electron chi connectivity index (χ4n) is 3.00. The van der Waals surface area contributed by atoms with Crippen LogP contribution < -0.4 is 4.90 Å². The number of carbonyl (C=O) groups is 1. The van der Waals surface area contributed by atoms with Crippen LogP contribution in [0.15, 0.2) is 48.8 Å². The highest BCUT2D eigenvalue weighted by Crippen LogP contribution is 2.21. The van der Waals surface area contributed by atoms with Crippen molar-refractivity contribution in [1.82, 2.24) is 19.5 Å². The predicted octanol–water partition coefficient (Wildman–Crippen LogP) is 2.35. The summed E-state index contributed by atoms with van der Waals surface area (Å²) in [5.41, 5.74) is 2.31. The second-order valence-corrected chi connectivity index (χ2v) is 6.13. The fourth-order valence-corrected chi connectivity index (χ4v) is 3.18. The van der Waals surface area contributed by atoms with Crippen molar-refractivity contribution in [3.05, 3.63) is 59.5 Å². The summed E-state index contributed by atoms with van der Waals surface area (Å²) in [6.45, 7) is 2.88. The van der Waals surface area contributed by atoms with Crippen LogP contribution in [0, 0.1) is 0 Å². The van der Waals surface area contributed by atoms with Crippen molar-refractivity contribution < 1.29 is 4.79 Å². The molecule has 3 aromatic rings. The summed E-state index contributed by atoms with van der Waals surface area (Å²) in [4.78, 5) is 21.1. The third-order valence-electron chi connectivity index (χ3n) is 4.25. The Morgan fingerprint density at radius 1 is 1.04 bits per heavy atom. The molecule has 122 valence electrons. The standard InChI is InChI=1S/C17H16ClN5O/c18-13-2-1-3-14(12-13)21-8-10-22(11-9-21)17(24)15-4-6-19-16-5-7-20-23(15)16/h1-7,12H,8-11H2. The zero-order valence-electron chi connectivity index (χ0n) is 13.0. The Morgan fingerprint density at radius 2 is 1.88 bits per heavy atom. The number of halogens is 1. The molecule has 0 saturated carbocycles. The van der Waals surface area contributed by atoms with Crippen molar-refractivity contribution >= 4 is 28.8 Å². The molecule has 7 heteroatoms. The van der Waals surface area contributed by atoms with Crippen LogP contribution in [0.4, 0.5) is 5.69 Å². The van der Waals surface area contributed by atoms with Crippen LogP contribution in [0.25, 0.3) is 5.65 Å². The minimum absolute atomic E-state index is 0.0168. The molecule has 0 N–H and O–H groups in total. The van der Waals surface area contributed by atoms with Gasteiger partial charge in [-0.1, -0.05) is 17.7 Å². The van der Waals surface area contributed by atoms with Crippen molar-refractivity contribution in [3.8, 4) is 0 Å². The lowest BCUT2D eigenvalue weighted by Crippen LogP contribution is -2.49. The minimum atomic E-state index is -0.0168. The molecule has 0 unspecified atom stereocenters. The van der Waals surface area contributed by atoms with Crippen LogP contribution in [0.3, 0.4) is 0 Å². The van der Waals surface area contributed by atoms with Crippen molar-refractivity contribution in [3.63, 3.8) is 0 Å². The number of anilines is 1. The Balaban J connectivity index is 1.49. The first-order valence-electron chi connectivity index (χ1n) is 7.81. The molecule has 1 amide bonds.